The molecule has 1 aromatic rings. The molecule has 70 valence electrons. The molecule has 0 aliphatic rings. The van der Waals surface area contributed by atoms with Crippen LogP contribution in [0, 0.1) is 0 Å². The molecule has 3 N–H and O–H groups in total. The normalized spacial score (nSPS) is 9.69. The lowest BCUT2D eigenvalue weighted by Crippen LogP contribution is -2.03. The average molecular weight is 246 g/mol. The Bertz CT molecular complexity index is 351. The fraction of sp³-hybridized carbons (Fsp3) is 0.125. The van der Waals surface area contributed by atoms with Gasteiger partial charge in [-0.25, -0.2) is 4.79 Å². The number of rotatable bonds is 1. The summed E-state index contributed by atoms with van der Waals surface area (Å²) in [5.41, 5.74) is 6.00. The smallest absolute Gasteiger partial charge is 0.339 e. The van der Waals surface area contributed by atoms with Crippen molar-refractivity contribution >= 4 is 27.6 Å². The first-order valence-corrected chi connectivity index (χ1v) is 4.22. The molecule has 1 rings (SSSR count). The molecule has 0 bridgehead atoms. The summed E-state index contributed by atoms with van der Waals surface area (Å²) in [5.74, 6) is -0.615. The van der Waals surface area contributed by atoms with E-state index in [4.69, 9.17) is 10.8 Å². The maximum atomic E-state index is 11.1. The Kier molecular flexibility index (Phi) is 2.77. The Hall–Kier alpha value is -1.23. The maximum Gasteiger partial charge on any atom is 0.339 e. The number of phenolic OH excluding ortho intramolecular Hbond substituents is 1. The third-order valence-electron chi connectivity index (χ3n) is 1.49. The number of nitrogen functional groups attached to an aromatic ring is 1. The summed E-state index contributed by atoms with van der Waals surface area (Å²) in [6.45, 7) is 0. The van der Waals surface area contributed by atoms with Gasteiger partial charge in [0.1, 0.15) is 5.75 Å². The van der Waals surface area contributed by atoms with Gasteiger partial charge in [0.15, 0.2) is 0 Å². The number of methoxy groups -OCH3 is 1. The number of halogens is 1. The summed E-state index contributed by atoms with van der Waals surface area (Å²) in [4.78, 5) is 11.1. The summed E-state index contributed by atoms with van der Waals surface area (Å²) in [6.07, 6.45) is 0. The second-order valence-corrected chi connectivity index (χ2v) is 3.18. The summed E-state index contributed by atoms with van der Waals surface area (Å²) >= 11 is 3.12. The van der Waals surface area contributed by atoms with Crippen LogP contribution in [0.2, 0.25) is 0 Å². The number of hydrogen-bond acceptors (Lipinski definition) is 4. The van der Waals surface area contributed by atoms with Crippen molar-refractivity contribution in [2.24, 2.45) is 0 Å². The molecule has 4 nitrogen and oxygen atoms in total. The van der Waals surface area contributed by atoms with Crippen molar-refractivity contribution in [3.63, 3.8) is 0 Å². The standard InChI is InChI=1S/C8H8BrNO3/c1-13-8(12)5-2-4(11)3-6(10)7(5)9/h2-3,11H,10H2,1H3. The molecule has 0 saturated heterocycles. The van der Waals surface area contributed by atoms with Gasteiger partial charge >= 0.3 is 5.97 Å². The van der Waals surface area contributed by atoms with E-state index in [2.05, 4.69) is 20.7 Å². The highest BCUT2D eigenvalue weighted by atomic mass is 79.9. The van der Waals surface area contributed by atoms with E-state index >= 15 is 0 Å². The third kappa shape index (κ3) is 1.92. The predicted molar refractivity (Wildman–Crippen MR) is 51.6 cm³/mol. The second-order valence-electron chi connectivity index (χ2n) is 2.39. The highest BCUT2D eigenvalue weighted by Gasteiger charge is 2.13. The Balaban J connectivity index is 3.28. The minimum Gasteiger partial charge on any atom is -0.508 e. The zero-order valence-corrected chi connectivity index (χ0v) is 8.46. The van der Waals surface area contributed by atoms with Gasteiger partial charge in [0.05, 0.1) is 22.8 Å². The highest BCUT2D eigenvalue weighted by Crippen LogP contribution is 2.29. The topological polar surface area (TPSA) is 72.5 Å². The van der Waals surface area contributed by atoms with Crippen LogP contribution in [0.4, 0.5) is 5.69 Å². The number of aromatic hydroxyl groups is 1. The lowest BCUT2D eigenvalue weighted by Gasteiger charge is -2.05. The van der Waals surface area contributed by atoms with E-state index in [-0.39, 0.29) is 11.3 Å². The van der Waals surface area contributed by atoms with Crippen molar-refractivity contribution in [3.8, 4) is 5.75 Å². The number of carbonyl (C=O) groups is 1. The SMILES string of the molecule is COC(=O)c1cc(O)cc(N)c1Br. The number of hydrogen-bond donors (Lipinski definition) is 2. The van der Waals surface area contributed by atoms with E-state index in [9.17, 15) is 4.79 Å². The minimum absolute atomic E-state index is 0.0684. The summed E-state index contributed by atoms with van der Waals surface area (Å²) in [5, 5.41) is 9.15. The van der Waals surface area contributed by atoms with Gasteiger partial charge in [0.2, 0.25) is 0 Å². The van der Waals surface area contributed by atoms with E-state index in [0.717, 1.165) is 0 Å². The molecule has 0 saturated carbocycles. The van der Waals surface area contributed by atoms with Gasteiger partial charge in [-0.2, -0.15) is 0 Å². The van der Waals surface area contributed by atoms with Gasteiger partial charge in [-0.15, -0.1) is 0 Å². The lowest BCUT2D eigenvalue weighted by atomic mass is 10.2. The zero-order valence-electron chi connectivity index (χ0n) is 6.87. The molecule has 0 atom stereocenters. The molecule has 1 aromatic carbocycles. The van der Waals surface area contributed by atoms with Crippen molar-refractivity contribution in [1.29, 1.82) is 0 Å². The Morgan fingerprint density at radius 1 is 1.62 bits per heavy atom. The van der Waals surface area contributed by atoms with Crippen LogP contribution in [0.3, 0.4) is 0 Å². The predicted octanol–water partition coefficient (Wildman–Crippen LogP) is 1.52. The van der Waals surface area contributed by atoms with Crippen molar-refractivity contribution in [2.75, 3.05) is 12.8 Å². The summed E-state index contributed by atoms with van der Waals surface area (Å²) in [7, 11) is 1.26. The fourth-order valence-electron chi connectivity index (χ4n) is 0.890. The third-order valence-corrected chi connectivity index (χ3v) is 2.38. The molecular formula is C8H8BrNO3. The Labute approximate surface area is 83.4 Å². The van der Waals surface area contributed by atoms with Crippen LogP contribution in [-0.4, -0.2) is 18.2 Å². The largest absolute Gasteiger partial charge is 0.508 e. The quantitative estimate of drug-likeness (QED) is 0.582. The first kappa shape index (κ1) is 9.85. The molecule has 0 aliphatic heterocycles. The van der Waals surface area contributed by atoms with Gasteiger partial charge in [-0.05, 0) is 22.0 Å². The number of anilines is 1. The molecule has 0 aromatic heterocycles. The van der Waals surface area contributed by atoms with Gasteiger partial charge < -0.3 is 15.6 Å². The maximum absolute atomic E-state index is 11.1. The van der Waals surface area contributed by atoms with E-state index in [0.29, 0.717) is 10.2 Å². The number of carbonyl (C=O) groups excluding carboxylic acids is 1. The number of phenols is 1. The van der Waals surface area contributed by atoms with Crippen LogP contribution < -0.4 is 5.73 Å². The van der Waals surface area contributed by atoms with Crippen molar-refractivity contribution in [1.82, 2.24) is 0 Å². The number of benzene rings is 1. The molecule has 0 radical (unpaired) electrons. The molecular weight excluding hydrogens is 238 g/mol. The number of ether oxygens (including phenoxy) is 1. The number of esters is 1. The van der Waals surface area contributed by atoms with Crippen molar-refractivity contribution in [3.05, 3.63) is 22.2 Å². The highest BCUT2D eigenvalue weighted by molar-refractivity contribution is 9.10. The average Bonchev–Trinajstić information content (AvgIpc) is 2.10. The first-order chi connectivity index (χ1) is 6.06. The second kappa shape index (κ2) is 3.66. The van der Waals surface area contributed by atoms with Gasteiger partial charge in [0.25, 0.3) is 0 Å². The van der Waals surface area contributed by atoms with E-state index in [1.54, 1.807) is 0 Å². The molecule has 0 unspecified atom stereocenters. The van der Waals surface area contributed by atoms with Crippen LogP contribution in [0.15, 0.2) is 16.6 Å². The molecule has 13 heavy (non-hydrogen) atoms. The van der Waals surface area contributed by atoms with Crippen LogP contribution in [0.5, 0.6) is 5.75 Å². The van der Waals surface area contributed by atoms with Gasteiger partial charge in [-0.1, -0.05) is 0 Å². The Morgan fingerprint density at radius 2 is 2.23 bits per heavy atom. The van der Waals surface area contributed by atoms with Crippen molar-refractivity contribution in [2.45, 2.75) is 0 Å². The van der Waals surface area contributed by atoms with Crippen LogP contribution in [0.25, 0.3) is 0 Å². The molecule has 5 heteroatoms. The van der Waals surface area contributed by atoms with Crippen LogP contribution in [0.1, 0.15) is 10.4 Å². The minimum atomic E-state index is -0.547. The molecule has 0 fully saturated rings. The molecule has 0 heterocycles. The molecule has 0 spiro atoms. The van der Waals surface area contributed by atoms with E-state index < -0.39 is 5.97 Å². The van der Waals surface area contributed by atoms with E-state index in [1.165, 1.54) is 19.2 Å². The first-order valence-electron chi connectivity index (χ1n) is 3.42. The zero-order chi connectivity index (χ0) is 10.0. The van der Waals surface area contributed by atoms with Gasteiger partial charge in [-0.3, -0.25) is 0 Å². The Morgan fingerprint density at radius 3 is 2.77 bits per heavy atom. The van der Waals surface area contributed by atoms with E-state index in [1.807, 2.05) is 0 Å². The monoisotopic (exact) mass is 245 g/mol. The van der Waals surface area contributed by atoms with Gasteiger partial charge in [0, 0.05) is 6.07 Å². The van der Waals surface area contributed by atoms with Crippen molar-refractivity contribution < 1.29 is 14.6 Å². The molecule has 0 aliphatic carbocycles. The lowest BCUT2D eigenvalue weighted by molar-refractivity contribution is 0.0599. The summed E-state index contributed by atoms with van der Waals surface area (Å²) < 4.78 is 4.92. The fourth-order valence-corrected chi connectivity index (χ4v) is 1.28. The number of nitrogens with two attached hydrogens (primary N) is 1. The van der Waals surface area contributed by atoms with Crippen LogP contribution >= 0.6 is 15.9 Å². The van der Waals surface area contributed by atoms with Crippen LogP contribution in [-0.2, 0) is 4.74 Å². The summed E-state index contributed by atoms with van der Waals surface area (Å²) in [6, 6.07) is 2.63. The molecule has 0 amide bonds.